The van der Waals surface area contributed by atoms with Crippen LogP contribution in [0, 0.1) is 11.3 Å². The highest BCUT2D eigenvalue weighted by atomic mass is 16.2. The second kappa shape index (κ2) is 8.55. The molecule has 2 rings (SSSR count). The number of nitrogens with zero attached hydrogens (tertiary/aromatic N) is 1. The van der Waals surface area contributed by atoms with Gasteiger partial charge >= 0.3 is 0 Å². The molecule has 2 heteroatoms. The van der Waals surface area contributed by atoms with Gasteiger partial charge in [-0.1, -0.05) is 56.3 Å². The van der Waals surface area contributed by atoms with Crippen LogP contribution in [0.25, 0.3) is 11.1 Å². The number of hydrogen-bond donors (Lipinski definition) is 1. The number of aliphatic hydroxyl groups excluding tert-OH is 1. The Labute approximate surface area is 120 Å². The van der Waals surface area contributed by atoms with Crippen molar-refractivity contribution >= 4 is 0 Å². The standard InChI is InChI=1S/C16H15N.C2H4O/c1-2-4-13-7-9-15(10-8-13)16-6-3-5-14(11-16)12-17;1-2-3/h3,5-11H,2,4H2,1H3;2-3H,1H2. The third-order valence-electron chi connectivity index (χ3n) is 2.82. The molecule has 0 unspecified atom stereocenters. The van der Waals surface area contributed by atoms with Crippen LogP contribution in [0.15, 0.2) is 61.4 Å². The number of benzene rings is 2. The molecule has 0 spiro atoms. The van der Waals surface area contributed by atoms with Gasteiger partial charge in [0.15, 0.2) is 0 Å². The minimum absolute atomic E-state index is 0.708. The fraction of sp³-hybridized carbons (Fsp3) is 0.167. The van der Waals surface area contributed by atoms with Crippen molar-refractivity contribution in [3.63, 3.8) is 0 Å². The SMILES string of the molecule is C=CO.CCCc1ccc(-c2cccc(C#N)c2)cc1. The van der Waals surface area contributed by atoms with Crippen LogP contribution in [0.1, 0.15) is 24.5 Å². The van der Waals surface area contributed by atoms with Crippen molar-refractivity contribution in [1.82, 2.24) is 0 Å². The number of rotatable bonds is 3. The van der Waals surface area contributed by atoms with Gasteiger partial charge in [0.05, 0.1) is 17.9 Å². The maximum absolute atomic E-state index is 8.87. The summed E-state index contributed by atoms with van der Waals surface area (Å²) in [4.78, 5) is 0. The Hall–Kier alpha value is -2.53. The molecule has 0 aliphatic heterocycles. The first-order chi connectivity index (χ1) is 9.74. The van der Waals surface area contributed by atoms with E-state index in [-0.39, 0.29) is 0 Å². The lowest BCUT2D eigenvalue weighted by Gasteiger charge is -2.04. The zero-order chi connectivity index (χ0) is 14.8. The zero-order valence-electron chi connectivity index (χ0n) is 11.7. The second-order valence-corrected chi connectivity index (χ2v) is 4.32. The topological polar surface area (TPSA) is 44.0 Å². The van der Waals surface area contributed by atoms with Crippen LogP contribution in [-0.2, 0) is 6.42 Å². The van der Waals surface area contributed by atoms with Gasteiger partial charge < -0.3 is 5.11 Å². The van der Waals surface area contributed by atoms with E-state index >= 15 is 0 Å². The van der Waals surface area contributed by atoms with E-state index in [4.69, 9.17) is 10.4 Å². The van der Waals surface area contributed by atoms with Crippen molar-refractivity contribution in [3.05, 3.63) is 72.5 Å². The Morgan fingerprint density at radius 3 is 2.35 bits per heavy atom. The van der Waals surface area contributed by atoms with E-state index < -0.39 is 0 Å². The molecule has 0 fully saturated rings. The molecule has 1 N–H and O–H groups in total. The van der Waals surface area contributed by atoms with Crippen LogP contribution >= 0.6 is 0 Å². The highest BCUT2D eigenvalue weighted by Gasteiger charge is 1.99. The first kappa shape index (κ1) is 15.5. The average Bonchev–Trinajstić information content (AvgIpc) is 2.49. The number of aryl methyl sites for hydroxylation is 1. The van der Waals surface area contributed by atoms with Gasteiger partial charge in [-0.25, -0.2) is 0 Å². The van der Waals surface area contributed by atoms with E-state index in [0.717, 1.165) is 18.2 Å². The lowest BCUT2D eigenvalue weighted by atomic mass is 10.0. The average molecular weight is 265 g/mol. The highest BCUT2D eigenvalue weighted by molar-refractivity contribution is 5.65. The van der Waals surface area contributed by atoms with Gasteiger partial charge in [-0.05, 0) is 35.2 Å². The molecular formula is C18H19NO. The van der Waals surface area contributed by atoms with Crippen molar-refractivity contribution in [2.75, 3.05) is 0 Å². The van der Waals surface area contributed by atoms with E-state index in [1.165, 1.54) is 17.5 Å². The molecule has 0 saturated heterocycles. The summed E-state index contributed by atoms with van der Waals surface area (Å²) in [5.41, 5.74) is 4.35. The molecule has 0 saturated carbocycles. The van der Waals surface area contributed by atoms with E-state index in [1.54, 1.807) is 0 Å². The molecule has 0 bridgehead atoms. The van der Waals surface area contributed by atoms with Gasteiger partial charge in [-0.2, -0.15) is 5.26 Å². The number of nitriles is 1. The quantitative estimate of drug-likeness (QED) is 0.805. The third kappa shape index (κ3) is 4.62. The van der Waals surface area contributed by atoms with Gasteiger partial charge in [0, 0.05) is 0 Å². The predicted molar refractivity (Wildman–Crippen MR) is 83.4 cm³/mol. The maximum Gasteiger partial charge on any atom is 0.0991 e. The molecule has 0 radical (unpaired) electrons. The summed E-state index contributed by atoms with van der Waals surface area (Å²) in [5.74, 6) is 0. The molecule has 2 aromatic carbocycles. The third-order valence-corrected chi connectivity index (χ3v) is 2.82. The molecular weight excluding hydrogens is 246 g/mol. The van der Waals surface area contributed by atoms with Gasteiger partial charge in [0.25, 0.3) is 0 Å². The summed E-state index contributed by atoms with van der Waals surface area (Å²) in [6.07, 6.45) is 3.04. The van der Waals surface area contributed by atoms with Crippen LogP contribution in [0.4, 0.5) is 0 Å². The minimum Gasteiger partial charge on any atom is -0.516 e. The molecule has 102 valence electrons. The van der Waals surface area contributed by atoms with Gasteiger partial charge in [0.2, 0.25) is 0 Å². The molecule has 0 amide bonds. The Balaban J connectivity index is 0.000000612. The van der Waals surface area contributed by atoms with Crippen LogP contribution in [0.3, 0.4) is 0 Å². The summed E-state index contributed by atoms with van der Waals surface area (Å²) in [7, 11) is 0. The second-order valence-electron chi connectivity index (χ2n) is 4.32. The highest BCUT2D eigenvalue weighted by Crippen LogP contribution is 2.21. The van der Waals surface area contributed by atoms with Crippen LogP contribution in [0.5, 0.6) is 0 Å². The first-order valence-corrected chi connectivity index (χ1v) is 6.59. The van der Waals surface area contributed by atoms with Gasteiger partial charge in [-0.3, -0.25) is 0 Å². The Morgan fingerprint density at radius 2 is 1.80 bits per heavy atom. The Bertz CT molecular complexity index is 579. The molecule has 0 aliphatic rings. The lowest BCUT2D eigenvalue weighted by molar-refractivity contribution is 0.476. The monoisotopic (exact) mass is 265 g/mol. The largest absolute Gasteiger partial charge is 0.516 e. The lowest BCUT2D eigenvalue weighted by Crippen LogP contribution is -1.84. The number of hydrogen-bond acceptors (Lipinski definition) is 2. The maximum atomic E-state index is 8.87. The fourth-order valence-corrected chi connectivity index (χ4v) is 1.92. The van der Waals surface area contributed by atoms with E-state index in [2.05, 4.69) is 43.8 Å². The summed E-state index contributed by atoms with van der Waals surface area (Å²) in [6, 6.07) is 18.5. The van der Waals surface area contributed by atoms with Crippen molar-refractivity contribution in [3.8, 4) is 17.2 Å². The summed E-state index contributed by atoms with van der Waals surface area (Å²) in [5, 5.41) is 16.2. The normalized spacial score (nSPS) is 9.00. The van der Waals surface area contributed by atoms with E-state index in [1.807, 2.05) is 24.3 Å². The Kier molecular flexibility index (Phi) is 6.64. The number of aliphatic hydroxyl groups is 1. The zero-order valence-corrected chi connectivity index (χ0v) is 11.7. The van der Waals surface area contributed by atoms with Crippen LogP contribution in [-0.4, -0.2) is 5.11 Å². The minimum atomic E-state index is 0.708. The molecule has 0 aliphatic carbocycles. The Morgan fingerprint density at radius 1 is 1.15 bits per heavy atom. The summed E-state index contributed by atoms with van der Waals surface area (Å²) >= 11 is 0. The van der Waals surface area contributed by atoms with Crippen molar-refractivity contribution in [1.29, 1.82) is 5.26 Å². The van der Waals surface area contributed by atoms with E-state index in [0.29, 0.717) is 5.56 Å². The predicted octanol–water partition coefficient (Wildman–Crippen LogP) is 4.87. The van der Waals surface area contributed by atoms with Crippen LogP contribution in [0.2, 0.25) is 0 Å². The van der Waals surface area contributed by atoms with Crippen LogP contribution < -0.4 is 0 Å². The molecule has 2 aromatic rings. The molecule has 20 heavy (non-hydrogen) atoms. The summed E-state index contributed by atoms with van der Waals surface area (Å²) < 4.78 is 0. The molecule has 0 heterocycles. The molecule has 0 aromatic heterocycles. The smallest absolute Gasteiger partial charge is 0.0991 e. The van der Waals surface area contributed by atoms with Gasteiger partial charge in [0.1, 0.15) is 0 Å². The van der Waals surface area contributed by atoms with Crippen molar-refractivity contribution in [2.45, 2.75) is 19.8 Å². The molecule has 0 atom stereocenters. The van der Waals surface area contributed by atoms with E-state index in [9.17, 15) is 0 Å². The molecule has 2 nitrogen and oxygen atoms in total. The van der Waals surface area contributed by atoms with Gasteiger partial charge in [-0.15, -0.1) is 0 Å². The van der Waals surface area contributed by atoms with Crippen molar-refractivity contribution in [2.24, 2.45) is 0 Å². The van der Waals surface area contributed by atoms with Crippen molar-refractivity contribution < 1.29 is 5.11 Å². The fourth-order valence-electron chi connectivity index (χ4n) is 1.92. The first-order valence-electron chi connectivity index (χ1n) is 6.59. The summed E-state index contributed by atoms with van der Waals surface area (Å²) in [6.45, 7) is 5.10.